The molecular formula is C115H87BBr2N4O2. The minimum atomic E-state index is -1.45. The van der Waals surface area contributed by atoms with E-state index < -0.39 is 7.12 Å². The van der Waals surface area contributed by atoms with Crippen LogP contribution in [-0.2, 0) is 45.4 Å². The smallest absolute Gasteiger partial charge is 0.423 e. The number of nitrogens with zero attached hydrogens (tertiary/aromatic N) is 4. The van der Waals surface area contributed by atoms with Crippen LogP contribution in [-0.4, -0.2) is 35.4 Å². The molecule has 4 aromatic heterocycles. The summed E-state index contributed by atoms with van der Waals surface area (Å²) < 4.78 is 11.8. The molecule has 25 rings (SSSR count). The number of benzene rings is 18. The zero-order chi connectivity index (χ0) is 83.4. The highest BCUT2D eigenvalue weighted by Gasteiger charge is 2.23. The first-order valence-electron chi connectivity index (χ1n) is 42.6. The van der Waals surface area contributed by atoms with Gasteiger partial charge in [0, 0.05) is 122 Å². The van der Waals surface area contributed by atoms with Gasteiger partial charge < -0.3 is 28.3 Å². The second kappa shape index (κ2) is 35.3. The Hall–Kier alpha value is -13.9. The van der Waals surface area contributed by atoms with Gasteiger partial charge in [0.1, 0.15) is 0 Å². The topological polar surface area (TPSA) is 60.2 Å². The van der Waals surface area contributed by atoms with Crippen molar-refractivity contribution in [2.45, 2.75) is 45.4 Å². The first-order chi connectivity index (χ1) is 61.1. The number of para-hydroxylation sites is 5. The van der Waals surface area contributed by atoms with Crippen molar-refractivity contribution in [2.75, 3.05) is 0 Å². The number of rotatable bonds is 10. The first-order valence-corrected chi connectivity index (χ1v) is 44.1. The average molecular weight is 1730 g/mol. The molecule has 0 fully saturated rings. The normalized spacial score (nSPS) is 11.7. The standard InChI is InChI=1S/C32H23N.C19H16BNO2.C19H14BrN.C19H15N.C13H9Br.C13H10/c1-2-8-22(9-3-1)21-33-31-13-7-6-12-28(31)30-20-24(16-17-32(30)33)23-14-15-26-18-25-10-4-5-11-27(25)29(26)19-23;22-20(23)15-10-11-19-17(12-15)16-8-4-5-9-18(16)21(19)13-14-6-2-1-3-7-14;20-15-10-11-19-17(12-15)16-8-4-5-9-18(16)21(19)13-14-6-2-1-3-7-14;1-2-8-15(9-3-1)14-20-18-12-6-4-10-16(18)17-11-5-7-13-19(17)20;14-11-6-5-10-7-9-3-1-2-4-12(9)13(10)8-11;1-3-7-12-10(5-1)9-11-6-2-4-8-13(11)12/h1-17,19-20H,18,21H2;1-12,22-23H,13H2;1-12H,13H2;1-13H,14H2;1-6,8H,7H2;1-8H,9H2. The molecule has 0 unspecified atom stereocenters. The number of fused-ring (bicyclic) bond motifs is 21. The Balaban J connectivity index is 0.0000000967. The van der Waals surface area contributed by atoms with Gasteiger partial charge in [0.05, 0.1) is 0 Å². The van der Waals surface area contributed by atoms with Crippen LogP contribution in [0.1, 0.15) is 55.6 Å². The second-order valence-corrected chi connectivity index (χ2v) is 34.1. The lowest BCUT2D eigenvalue weighted by atomic mass is 9.80. The fourth-order valence-corrected chi connectivity index (χ4v) is 19.4. The van der Waals surface area contributed by atoms with Gasteiger partial charge in [-0.2, -0.15) is 0 Å². The fourth-order valence-electron chi connectivity index (χ4n) is 18.7. The predicted molar refractivity (Wildman–Crippen MR) is 528 cm³/mol. The second-order valence-electron chi connectivity index (χ2n) is 32.2. The third kappa shape index (κ3) is 16.0. The van der Waals surface area contributed by atoms with Gasteiger partial charge in [-0.25, -0.2) is 0 Å². The van der Waals surface area contributed by atoms with Gasteiger partial charge in [-0.15, -0.1) is 0 Å². The summed E-state index contributed by atoms with van der Waals surface area (Å²) in [6, 6.07) is 153. The van der Waals surface area contributed by atoms with E-state index in [-0.39, 0.29) is 0 Å². The lowest BCUT2D eigenvalue weighted by molar-refractivity contribution is 0.426. The molecule has 596 valence electrons. The van der Waals surface area contributed by atoms with Gasteiger partial charge in [0.2, 0.25) is 0 Å². The van der Waals surface area contributed by atoms with Gasteiger partial charge in [-0.3, -0.25) is 0 Å². The van der Waals surface area contributed by atoms with Crippen LogP contribution in [0.5, 0.6) is 0 Å². The summed E-state index contributed by atoms with van der Waals surface area (Å²) >= 11 is 7.10. The lowest BCUT2D eigenvalue weighted by Crippen LogP contribution is -2.29. The zero-order valence-electron chi connectivity index (χ0n) is 68.5. The van der Waals surface area contributed by atoms with E-state index in [0.717, 1.165) is 76.2 Å². The molecule has 6 nitrogen and oxygen atoms in total. The van der Waals surface area contributed by atoms with Gasteiger partial charge >= 0.3 is 7.12 Å². The summed E-state index contributed by atoms with van der Waals surface area (Å²) in [6.07, 6.45) is 3.23. The highest BCUT2D eigenvalue weighted by molar-refractivity contribution is 9.10. The molecular weight excluding hydrogens is 1640 g/mol. The van der Waals surface area contributed by atoms with Crippen LogP contribution in [0.25, 0.3) is 132 Å². The molecule has 3 aliphatic rings. The van der Waals surface area contributed by atoms with Gasteiger partial charge in [0.15, 0.2) is 0 Å². The zero-order valence-corrected chi connectivity index (χ0v) is 71.6. The molecule has 0 amide bonds. The Morgan fingerprint density at radius 2 is 0.452 bits per heavy atom. The van der Waals surface area contributed by atoms with Crippen molar-refractivity contribution in [3.63, 3.8) is 0 Å². The van der Waals surface area contributed by atoms with E-state index in [1.807, 2.05) is 42.5 Å². The third-order valence-electron chi connectivity index (χ3n) is 24.6. The summed E-state index contributed by atoms with van der Waals surface area (Å²) in [6.45, 7) is 3.47. The predicted octanol–water partition coefficient (Wildman–Crippen LogP) is 28.3. The molecule has 4 heterocycles. The van der Waals surface area contributed by atoms with E-state index in [0.29, 0.717) is 5.46 Å². The number of hydrogen-bond acceptors (Lipinski definition) is 2. The Morgan fingerprint density at radius 3 is 0.839 bits per heavy atom. The van der Waals surface area contributed by atoms with E-state index in [4.69, 9.17) is 0 Å². The van der Waals surface area contributed by atoms with Crippen molar-refractivity contribution < 1.29 is 10.0 Å². The highest BCUT2D eigenvalue weighted by atomic mass is 79.9. The maximum absolute atomic E-state index is 9.45. The number of hydrogen-bond donors (Lipinski definition) is 2. The lowest BCUT2D eigenvalue weighted by Gasteiger charge is -2.09. The van der Waals surface area contributed by atoms with Gasteiger partial charge in [-0.05, 0) is 210 Å². The van der Waals surface area contributed by atoms with Crippen LogP contribution >= 0.6 is 31.9 Å². The van der Waals surface area contributed by atoms with E-state index in [1.165, 1.54) is 166 Å². The molecule has 124 heavy (non-hydrogen) atoms. The Morgan fingerprint density at radius 1 is 0.202 bits per heavy atom. The van der Waals surface area contributed by atoms with Crippen molar-refractivity contribution in [2.24, 2.45) is 0 Å². The largest absolute Gasteiger partial charge is 0.488 e. The maximum atomic E-state index is 9.45. The number of halogens is 2. The van der Waals surface area contributed by atoms with Crippen molar-refractivity contribution in [3.05, 3.63) is 495 Å². The SMILES string of the molecule is Brc1ccc2c(c1)-c1ccccc1C2.Brc1ccc2c(c1)c1ccccc1n2Cc1ccccc1.OB(O)c1ccc2c(c1)c1ccccc1n2Cc1ccccc1.c1ccc(Cn2c3ccccc3c3cc(-c4ccc5c(c4)-c4ccccc4C5)ccc32)cc1.c1ccc(Cn2c3ccccc3c3ccccc32)cc1.c1ccc2c(c1)Cc1ccccc1-2. The Bertz CT molecular complexity index is 7560. The molecule has 3 aliphatic carbocycles. The molecule has 0 aliphatic heterocycles. The van der Waals surface area contributed by atoms with E-state index in [1.54, 1.807) is 6.07 Å². The molecule has 0 radical (unpaired) electrons. The van der Waals surface area contributed by atoms with E-state index in [2.05, 4.69) is 432 Å². The summed E-state index contributed by atoms with van der Waals surface area (Å²) in [5.74, 6) is 0. The van der Waals surface area contributed by atoms with Crippen LogP contribution in [0, 0.1) is 0 Å². The molecule has 0 bridgehead atoms. The minimum Gasteiger partial charge on any atom is -0.423 e. The van der Waals surface area contributed by atoms with Crippen LogP contribution in [0.15, 0.2) is 440 Å². The highest BCUT2D eigenvalue weighted by Crippen LogP contribution is 2.43. The summed E-state index contributed by atoms with van der Waals surface area (Å²) in [4.78, 5) is 0. The third-order valence-corrected chi connectivity index (χ3v) is 25.6. The Labute approximate surface area is 739 Å². The Kier molecular flexibility index (Phi) is 22.4. The van der Waals surface area contributed by atoms with Crippen molar-refractivity contribution >= 4 is 132 Å². The summed E-state index contributed by atoms with van der Waals surface area (Å²) in [5.41, 5.74) is 35.3. The molecule has 18 aromatic carbocycles. The molecule has 2 N–H and O–H groups in total. The monoisotopic (exact) mass is 1720 g/mol. The molecule has 9 heteroatoms. The fraction of sp³-hybridized carbons (Fsp3) is 0.0609. The van der Waals surface area contributed by atoms with Crippen molar-refractivity contribution in [3.8, 4) is 44.5 Å². The summed E-state index contributed by atoms with van der Waals surface area (Å²) in [5, 5.41) is 29.0. The van der Waals surface area contributed by atoms with Crippen LogP contribution in [0.4, 0.5) is 0 Å². The first kappa shape index (κ1) is 78.6. The molecule has 0 saturated heterocycles. The van der Waals surface area contributed by atoms with Crippen LogP contribution < -0.4 is 5.46 Å². The number of aromatic nitrogens is 4. The molecule has 0 spiro atoms. The average Bonchev–Trinajstić information content (AvgIpc) is 1.68. The summed E-state index contributed by atoms with van der Waals surface area (Å²) in [7, 11) is -1.45. The quantitative estimate of drug-likeness (QED) is 0.134. The van der Waals surface area contributed by atoms with E-state index in [9.17, 15) is 10.0 Å². The molecule has 0 atom stereocenters. The molecule has 0 saturated carbocycles. The van der Waals surface area contributed by atoms with E-state index >= 15 is 0 Å². The maximum Gasteiger partial charge on any atom is 0.488 e. The van der Waals surface area contributed by atoms with Gasteiger partial charge in [-0.1, -0.05) is 378 Å². The minimum absolute atomic E-state index is 0.514. The van der Waals surface area contributed by atoms with Gasteiger partial charge in [0.25, 0.3) is 0 Å². The molecule has 22 aromatic rings. The van der Waals surface area contributed by atoms with Crippen molar-refractivity contribution in [1.29, 1.82) is 0 Å². The van der Waals surface area contributed by atoms with Crippen LogP contribution in [0.2, 0.25) is 0 Å². The van der Waals surface area contributed by atoms with Crippen LogP contribution in [0.3, 0.4) is 0 Å². The van der Waals surface area contributed by atoms with Crippen molar-refractivity contribution in [1.82, 2.24) is 18.3 Å².